The maximum absolute atomic E-state index is 6.23. The number of hydrogen-bond donors (Lipinski definition) is 0. The first kappa shape index (κ1) is 15.5. The lowest BCUT2D eigenvalue weighted by Crippen LogP contribution is -2.41. The number of fused-ring (bicyclic) bond motifs is 2. The third kappa shape index (κ3) is 2.70. The van der Waals surface area contributed by atoms with Crippen molar-refractivity contribution in [1.82, 2.24) is 0 Å². The minimum Gasteiger partial charge on any atom is -0.490 e. The lowest BCUT2D eigenvalue weighted by Gasteiger charge is -2.32. The van der Waals surface area contributed by atoms with Crippen molar-refractivity contribution in [2.24, 2.45) is 11.8 Å². The van der Waals surface area contributed by atoms with E-state index in [0.717, 1.165) is 23.0 Å². The van der Waals surface area contributed by atoms with Crippen LogP contribution in [0, 0.1) is 11.8 Å². The van der Waals surface area contributed by atoms with Gasteiger partial charge in [0.05, 0.1) is 11.2 Å². The molecule has 4 rings (SSSR count). The SMILES string of the molecule is CC1(C)OB(c2ccc(OC3CC4CCC3C4)cc2)OC1(C)C. The van der Waals surface area contributed by atoms with E-state index in [1.54, 1.807) is 0 Å². The second-order valence-corrected chi connectivity index (χ2v) is 8.49. The highest BCUT2D eigenvalue weighted by atomic mass is 16.7. The summed E-state index contributed by atoms with van der Waals surface area (Å²) in [6.07, 6.45) is 5.80. The molecule has 2 aliphatic carbocycles. The summed E-state index contributed by atoms with van der Waals surface area (Å²) >= 11 is 0. The van der Waals surface area contributed by atoms with Gasteiger partial charge in [-0.1, -0.05) is 12.1 Å². The number of ether oxygens (including phenoxy) is 1. The normalized spacial score (nSPS) is 34.1. The first-order chi connectivity index (χ1) is 10.8. The van der Waals surface area contributed by atoms with Gasteiger partial charge in [0.25, 0.3) is 0 Å². The summed E-state index contributed by atoms with van der Waals surface area (Å²) in [7, 11) is -0.295. The zero-order valence-electron chi connectivity index (χ0n) is 14.7. The fourth-order valence-electron chi connectivity index (χ4n) is 4.19. The summed E-state index contributed by atoms with van der Waals surface area (Å²) in [5.41, 5.74) is 0.468. The van der Waals surface area contributed by atoms with Crippen LogP contribution in [0.15, 0.2) is 24.3 Å². The van der Waals surface area contributed by atoms with Gasteiger partial charge in [-0.25, -0.2) is 0 Å². The summed E-state index contributed by atoms with van der Waals surface area (Å²) in [6.45, 7) is 8.33. The predicted molar refractivity (Wildman–Crippen MR) is 92.0 cm³/mol. The Kier molecular flexibility index (Phi) is 3.55. The summed E-state index contributed by atoms with van der Waals surface area (Å²) in [6, 6.07) is 8.27. The molecule has 0 aromatic heterocycles. The summed E-state index contributed by atoms with van der Waals surface area (Å²) < 4.78 is 18.4. The van der Waals surface area contributed by atoms with Crippen LogP contribution < -0.4 is 10.2 Å². The summed E-state index contributed by atoms with van der Waals surface area (Å²) in [5.74, 6) is 2.67. The molecule has 23 heavy (non-hydrogen) atoms. The Bertz CT molecular complexity index is 565. The highest BCUT2D eigenvalue weighted by Crippen LogP contribution is 2.46. The van der Waals surface area contributed by atoms with Gasteiger partial charge in [0, 0.05) is 0 Å². The van der Waals surface area contributed by atoms with E-state index >= 15 is 0 Å². The molecule has 1 aromatic rings. The highest BCUT2D eigenvalue weighted by molar-refractivity contribution is 6.62. The van der Waals surface area contributed by atoms with Crippen molar-refractivity contribution in [2.75, 3.05) is 0 Å². The standard InChI is InChI=1S/C19H27BO3/c1-18(2)19(3,4)23-20(22-18)15-7-9-16(10-8-15)21-17-12-13-5-6-14(17)11-13/h7-10,13-14,17H,5-6,11-12H2,1-4H3. The Morgan fingerprint density at radius 1 is 0.957 bits per heavy atom. The van der Waals surface area contributed by atoms with Crippen LogP contribution in [0.4, 0.5) is 0 Å². The molecule has 0 spiro atoms. The van der Waals surface area contributed by atoms with Crippen LogP contribution in [0.5, 0.6) is 5.75 Å². The van der Waals surface area contributed by atoms with Crippen LogP contribution in [-0.2, 0) is 9.31 Å². The molecular formula is C19H27BO3. The molecule has 3 nitrogen and oxygen atoms in total. The van der Waals surface area contributed by atoms with Gasteiger partial charge in [-0.2, -0.15) is 0 Å². The Morgan fingerprint density at radius 3 is 2.13 bits per heavy atom. The van der Waals surface area contributed by atoms with Crippen LogP contribution in [-0.4, -0.2) is 24.4 Å². The van der Waals surface area contributed by atoms with E-state index in [-0.39, 0.29) is 18.3 Å². The third-order valence-electron chi connectivity index (χ3n) is 6.37. The fraction of sp³-hybridized carbons (Fsp3) is 0.684. The minimum absolute atomic E-state index is 0.295. The largest absolute Gasteiger partial charge is 0.494 e. The van der Waals surface area contributed by atoms with Crippen molar-refractivity contribution in [1.29, 1.82) is 0 Å². The van der Waals surface area contributed by atoms with Crippen molar-refractivity contribution in [3.63, 3.8) is 0 Å². The van der Waals surface area contributed by atoms with E-state index in [1.807, 2.05) is 0 Å². The van der Waals surface area contributed by atoms with Gasteiger partial charge >= 0.3 is 7.12 Å². The zero-order valence-corrected chi connectivity index (χ0v) is 14.7. The molecule has 0 amide bonds. The zero-order chi connectivity index (χ0) is 16.2. The van der Waals surface area contributed by atoms with Crippen molar-refractivity contribution >= 4 is 12.6 Å². The Balaban J connectivity index is 1.43. The van der Waals surface area contributed by atoms with E-state index in [1.165, 1.54) is 25.7 Å². The Labute approximate surface area is 139 Å². The molecule has 1 aliphatic heterocycles. The molecule has 1 saturated heterocycles. The first-order valence-electron chi connectivity index (χ1n) is 8.96. The third-order valence-corrected chi connectivity index (χ3v) is 6.37. The minimum atomic E-state index is -0.296. The molecule has 3 aliphatic rings. The van der Waals surface area contributed by atoms with Gasteiger partial charge < -0.3 is 14.0 Å². The lowest BCUT2D eigenvalue weighted by atomic mass is 9.79. The van der Waals surface area contributed by atoms with Crippen molar-refractivity contribution in [2.45, 2.75) is 70.7 Å². The highest BCUT2D eigenvalue weighted by Gasteiger charge is 2.51. The number of hydrogen-bond acceptors (Lipinski definition) is 3. The van der Waals surface area contributed by atoms with Crippen LogP contribution in [0.1, 0.15) is 53.4 Å². The molecule has 3 unspecified atom stereocenters. The second-order valence-electron chi connectivity index (χ2n) is 8.49. The first-order valence-corrected chi connectivity index (χ1v) is 8.96. The average molecular weight is 314 g/mol. The molecule has 0 radical (unpaired) electrons. The van der Waals surface area contributed by atoms with Gasteiger partial charge in [0.15, 0.2) is 0 Å². The molecular weight excluding hydrogens is 287 g/mol. The quantitative estimate of drug-likeness (QED) is 0.799. The topological polar surface area (TPSA) is 27.7 Å². The van der Waals surface area contributed by atoms with Gasteiger partial charge in [-0.3, -0.25) is 0 Å². The van der Waals surface area contributed by atoms with Gasteiger partial charge in [-0.05, 0) is 82.8 Å². The maximum atomic E-state index is 6.23. The van der Waals surface area contributed by atoms with E-state index in [0.29, 0.717) is 6.10 Å². The summed E-state index contributed by atoms with van der Waals surface area (Å²) in [5, 5.41) is 0. The molecule has 3 atom stereocenters. The van der Waals surface area contributed by atoms with E-state index in [4.69, 9.17) is 14.0 Å². The lowest BCUT2D eigenvalue weighted by molar-refractivity contribution is 0.00578. The average Bonchev–Trinajstić information content (AvgIpc) is 3.14. The number of rotatable bonds is 3. The second kappa shape index (κ2) is 5.25. The van der Waals surface area contributed by atoms with E-state index in [2.05, 4.69) is 52.0 Å². The molecule has 3 fully saturated rings. The van der Waals surface area contributed by atoms with Crippen molar-refractivity contribution in [3.05, 3.63) is 24.3 Å². The van der Waals surface area contributed by atoms with Crippen LogP contribution >= 0.6 is 0 Å². The van der Waals surface area contributed by atoms with Gasteiger partial charge in [-0.15, -0.1) is 0 Å². The smallest absolute Gasteiger partial charge is 0.490 e. The van der Waals surface area contributed by atoms with E-state index < -0.39 is 0 Å². The van der Waals surface area contributed by atoms with Crippen LogP contribution in [0.3, 0.4) is 0 Å². The predicted octanol–water partition coefficient (Wildman–Crippen LogP) is 3.55. The number of benzene rings is 1. The Morgan fingerprint density at radius 2 is 1.61 bits per heavy atom. The molecule has 2 saturated carbocycles. The van der Waals surface area contributed by atoms with Crippen molar-refractivity contribution < 1.29 is 14.0 Å². The monoisotopic (exact) mass is 314 g/mol. The molecule has 4 heteroatoms. The summed E-state index contributed by atoms with van der Waals surface area (Å²) in [4.78, 5) is 0. The van der Waals surface area contributed by atoms with Crippen molar-refractivity contribution in [3.8, 4) is 5.75 Å². The molecule has 2 bridgehead atoms. The molecule has 0 N–H and O–H groups in total. The van der Waals surface area contributed by atoms with E-state index in [9.17, 15) is 0 Å². The Hall–Kier alpha value is -0.995. The van der Waals surface area contributed by atoms with Crippen LogP contribution in [0.25, 0.3) is 0 Å². The molecule has 1 heterocycles. The van der Waals surface area contributed by atoms with Gasteiger partial charge in [0.2, 0.25) is 0 Å². The van der Waals surface area contributed by atoms with Crippen LogP contribution in [0.2, 0.25) is 0 Å². The molecule has 1 aromatic carbocycles. The molecule has 124 valence electrons. The maximum Gasteiger partial charge on any atom is 0.494 e. The fourth-order valence-corrected chi connectivity index (χ4v) is 4.19. The van der Waals surface area contributed by atoms with Gasteiger partial charge in [0.1, 0.15) is 11.9 Å².